The van der Waals surface area contributed by atoms with Crippen molar-refractivity contribution in [3.63, 3.8) is 0 Å². The van der Waals surface area contributed by atoms with Crippen LogP contribution in [0.15, 0.2) is 82.7 Å². The molecule has 7 heteroatoms. The van der Waals surface area contributed by atoms with Gasteiger partial charge in [-0.15, -0.1) is 0 Å². The fraction of sp³-hybridized carbons (Fsp3) is 0.125. The first-order valence-electron chi connectivity index (χ1n) is 9.72. The predicted molar refractivity (Wildman–Crippen MR) is 118 cm³/mol. The van der Waals surface area contributed by atoms with Gasteiger partial charge in [-0.3, -0.25) is 4.79 Å². The molecule has 1 heterocycles. The normalized spacial score (nSPS) is 11.6. The van der Waals surface area contributed by atoms with Crippen LogP contribution in [0.2, 0.25) is 0 Å². The number of fused-ring (bicyclic) bond motifs is 1. The molecule has 158 valence electrons. The largest absolute Gasteiger partial charge is 0.337 e. The van der Waals surface area contributed by atoms with Crippen LogP contribution in [-0.2, 0) is 21.2 Å². The van der Waals surface area contributed by atoms with Crippen molar-refractivity contribution >= 4 is 32.3 Å². The van der Waals surface area contributed by atoms with Gasteiger partial charge in [0.2, 0.25) is 15.7 Å². The predicted octanol–water partition coefficient (Wildman–Crippen LogP) is 4.87. The maximum Gasteiger partial charge on any atom is 0.244 e. The Morgan fingerprint density at radius 1 is 0.935 bits per heavy atom. The second-order valence-corrected chi connectivity index (χ2v) is 9.33. The minimum atomic E-state index is -3.89. The van der Waals surface area contributed by atoms with Crippen molar-refractivity contribution in [1.29, 1.82) is 0 Å². The number of anilines is 1. The van der Waals surface area contributed by atoms with Gasteiger partial charge in [0.15, 0.2) is 0 Å². The molecule has 0 radical (unpaired) electrons. The highest BCUT2D eigenvalue weighted by molar-refractivity contribution is 7.91. The number of carbonyl (C=O) groups is 1. The summed E-state index contributed by atoms with van der Waals surface area (Å²) in [4.78, 5) is 12.8. The van der Waals surface area contributed by atoms with Gasteiger partial charge in [-0.1, -0.05) is 36.4 Å². The zero-order chi connectivity index (χ0) is 22.2. The van der Waals surface area contributed by atoms with Gasteiger partial charge >= 0.3 is 0 Å². The van der Waals surface area contributed by atoms with Crippen LogP contribution in [0.5, 0.6) is 0 Å². The van der Waals surface area contributed by atoms with E-state index < -0.39 is 15.7 Å². The first kappa shape index (κ1) is 20.8. The second-order valence-electron chi connectivity index (χ2n) is 7.41. The smallest absolute Gasteiger partial charge is 0.244 e. The molecule has 31 heavy (non-hydrogen) atoms. The van der Waals surface area contributed by atoms with Gasteiger partial charge in [0.05, 0.1) is 9.79 Å². The van der Waals surface area contributed by atoms with Gasteiger partial charge in [0, 0.05) is 22.8 Å². The molecule has 4 aromatic rings. The number of nitrogens with one attached hydrogen (secondary N) is 1. The zero-order valence-electron chi connectivity index (χ0n) is 17.1. The minimum absolute atomic E-state index is 0.00297. The van der Waals surface area contributed by atoms with Crippen LogP contribution in [0.4, 0.5) is 10.1 Å². The second kappa shape index (κ2) is 8.00. The Balaban J connectivity index is 1.72. The molecule has 0 fully saturated rings. The first-order chi connectivity index (χ1) is 14.8. The summed E-state index contributed by atoms with van der Waals surface area (Å²) in [6.45, 7) is 3.79. The standard InChI is InChI=1S/C24H21FN2O3S/c1-16-6-5-7-17(2)24(16)26-23(28)15-27-14-22(20-8-3-4-9-21(20)27)31(29,30)19-12-10-18(25)11-13-19/h3-14H,15H2,1-2H3,(H,26,28). The summed E-state index contributed by atoms with van der Waals surface area (Å²) in [5.74, 6) is -0.770. The number of rotatable bonds is 5. The molecule has 1 aromatic heterocycles. The monoisotopic (exact) mass is 436 g/mol. The summed E-state index contributed by atoms with van der Waals surface area (Å²) in [6, 6.07) is 17.5. The quantitative estimate of drug-likeness (QED) is 0.454. The number of hydrogen-bond acceptors (Lipinski definition) is 3. The molecule has 0 bridgehead atoms. The molecule has 4 rings (SSSR count). The fourth-order valence-electron chi connectivity index (χ4n) is 3.64. The zero-order valence-corrected chi connectivity index (χ0v) is 17.9. The highest BCUT2D eigenvalue weighted by Gasteiger charge is 2.24. The molecule has 5 nitrogen and oxygen atoms in total. The van der Waals surface area contributed by atoms with Crippen LogP contribution in [-0.4, -0.2) is 18.9 Å². The fourth-order valence-corrected chi connectivity index (χ4v) is 5.12. The van der Waals surface area contributed by atoms with Crippen molar-refractivity contribution in [2.75, 3.05) is 5.32 Å². The van der Waals surface area contributed by atoms with Crippen LogP contribution in [0.25, 0.3) is 10.9 Å². The van der Waals surface area contributed by atoms with Crippen LogP contribution in [0, 0.1) is 19.7 Å². The average molecular weight is 437 g/mol. The lowest BCUT2D eigenvalue weighted by Gasteiger charge is -2.12. The highest BCUT2D eigenvalue weighted by atomic mass is 32.2. The molecule has 0 aliphatic heterocycles. The number of sulfone groups is 1. The lowest BCUT2D eigenvalue weighted by Crippen LogP contribution is -2.19. The topological polar surface area (TPSA) is 68.2 Å². The number of carbonyl (C=O) groups excluding carboxylic acids is 1. The highest BCUT2D eigenvalue weighted by Crippen LogP contribution is 2.30. The third kappa shape index (κ3) is 3.96. The van der Waals surface area contributed by atoms with Crippen LogP contribution < -0.4 is 5.32 Å². The van der Waals surface area contributed by atoms with Gasteiger partial charge < -0.3 is 9.88 Å². The van der Waals surface area contributed by atoms with E-state index in [-0.39, 0.29) is 22.2 Å². The number of aryl methyl sites for hydroxylation is 2. The number of halogens is 1. The van der Waals surface area contributed by atoms with Crippen molar-refractivity contribution in [1.82, 2.24) is 4.57 Å². The van der Waals surface area contributed by atoms with E-state index in [1.165, 1.54) is 18.3 Å². The number of para-hydroxylation sites is 2. The molecular weight excluding hydrogens is 415 g/mol. The third-order valence-corrected chi connectivity index (χ3v) is 7.02. The van der Waals surface area contributed by atoms with E-state index in [2.05, 4.69) is 5.32 Å². The molecular formula is C24H21FN2O3S. The molecule has 0 saturated heterocycles. The van der Waals surface area contributed by atoms with E-state index in [0.717, 1.165) is 28.9 Å². The molecule has 0 aliphatic carbocycles. The van der Waals surface area contributed by atoms with E-state index in [4.69, 9.17) is 0 Å². The van der Waals surface area contributed by atoms with E-state index >= 15 is 0 Å². The van der Waals surface area contributed by atoms with Crippen molar-refractivity contribution in [2.24, 2.45) is 0 Å². The van der Waals surface area contributed by atoms with Gasteiger partial charge in [0.25, 0.3) is 0 Å². The lowest BCUT2D eigenvalue weighted by atomic mass is 10.1. The van der Waals surface area contributed by atoms with Crippen molar-refractivity contribution in [2.45, 2.75) is 30.2 Å². The number of benzene rings is 3. The van der Waals surface area contributed by atoms with Gasteiger partial charge in [-0.2, -0.15) is 0 Å². The van der Waals surface area contributed by atoms with Crippen LogP contribution in [0.1, 0.15) is 11.1 Å². The molecule has 1 amide bonds. The Kier molecular flexibility index (Phi) is 5.37. The molecule has 3 aromatic carbocycles. The van der Waals surface area contributed by atoms with Gasteiger partial charge in [-0.05, 0) is 55.3 Å². The maximum atomic E-state index is 13.3. The maximum absolute atomic E-state index is 13.3. The minimum Gasteiger partial charge on any atom is -0.337 e. The van der Waals surface area contributed by atoms with E-state index in [1.54, 1.807) is 28.8 Å². The van der Waals surface area contributed by atoms with Crippen molar-refractivity contribution in [3.8, 4) is 0 Å². The Morgan fingerprint density at radius 3 is 2.26 bits per heavy atom. The summed E-state index contributed by atoms with van der Waals surface area (Å²) in [7, 11) is -3.89. The first-order valence-corrected chi connectivity index (χ1v) is 11.2. The Bertz CT molecular complexity index is 1370. The number of amides is 1. The van der Waals surface area contributed by atoms with E-state index in [0.29, 0.717) is 10.9 Å². The summed E-state index contributed by atoms with van der Waals surface area (Å²) in [5, 5.41) is 3.43. The van der Waals surface area contributed by atoms with Crippen LogP contribution in [0.3, 0.4) is 0 Å². The van der Waals surface area contributed by atoms with E-state index in [1.807, 2.05) is 32.0 Å². The SMILES string of the molecule is Cc1cccc(C)c1NC(=O)Cn1cc(S(=O)(=O)c2ccc(F)cc2)c2ccccc21. The lowest BCUT2D eigenvalue weighted by molar-refractivity contribution is -0.116. The average Bonchev–Trinajstić information content (AvgIpc) is 3.10. The van der Waals surface area contributed by atoms with Gasteiger partial charge in [0.1, 0.15) is 12.4 Å². The number of hydrogen-bond donors (Lipinski definition) is 1. The Morgan fingerprint density at radius 2 is 1.58 bits per heavy atom. The summed E-state index contributed by atoms with van der Waals surface area (Å²) in [5.41, 5.74) is 3.28. The molecule has 0 saturated carbocycles. The summed E-state index contributed by atoms with van der Waals surface area (Å²) >= 11 is 0. The van der Waals surface area contributed by atoms with E-state index in [9.17, 15) is 17.6 Å². The molecule has 0 aliphatic rings. The summed E-state index contributed by atoms with van der Waals surface area (Å²) < 4.78 is 41.3. The Hall–Kier alpha value is -3.45. The molecule has 0 unspecified atom stereocenters. The molecule has 0 spiro atoms. The number of nitrogens with zero attached hydrogens (tertiary/aromatic N) is 1. The molecule has 1 N–H and O–H groups in total. The third-order valence-electron chi connectivity index (χ3n) is 5.22. The van der Waals surface area contributed by atoms with Crippen molar-refractivity contribution < 1.29 is 17.6 Å². The Labute approximate surface area is 180 Å². The van der Waals surface area contributed by atoms with Crippen LogP contribution >= 0.6 is 0 Å². The molecule has 0 atom stereocenters. The van der Waals surface area contributed by atoms with Gasteiger partial charge in [-0.25, -0.2) is 12.8 Å². The van der Waals surface area contributed by atoms with Crippen molar-refractivity contribution in [3.05, 3.63) is 89.9 Å². The summed E-state index contributed by atoms with van der Waals surface area (Å²) in [6.07, 6.45) is 1.47. The number of aromatic nitrogens is 1.